The second kappa shape index (κ2) is 6.82. The summed E-state index contributed by atoms with van der Waals surface area (Å²) < 4.78 is 0. The number of pyridine rings is 1. The van der Waals surface area contributed by atoms with Crippen LogP contribution in [0.4, 0.5) is 5.69 Å². The highest BCUT2D eigenvalue weighted by molar-refractivity contribution is 5.94. The van der Waals surface area contributed by atoms with Gasteiger partial charge in [0.25, 0.3) is 0 Å². The Hall–Kier alpha value is -3.65. The van der Waals surface area contributed by atoms with Crippen molar-refractivity contribution < 1.29 is 0 Å². The maximum Gasteiger partial charge on any atom is 0.102 e. The molecule has 28 heavy (non-hydrogen) atoms. The predicted molar refractivity (Wildman–Crippen MR) is 110 cm³/mol. The number of H-pyrrole nitrogens is 1. The minimum atomic E-state index is 0.252. The van der Waals surface area contributed by atoms with E-state index in [-0.39, 0.29) is 6.04 Å². The van der Waals surface area contributed by atoms with Gasteiger partial charge in [-0.3, -0.25) is 10.1 Å². The van der Waals surface area contributed by atoms with Crippen LogP contribution in [0.25, 0.3) is 22.2 Å². The van der Waals surface area contributed by atoms with Gasteiger partial charge in [0, 0.05) is 29.0 Å². The third kappa shape index (κ3) is 2.89. The first kappa shape index (κ1) is 16.5. The Bertz CT molecular complexity index is 1190. The van der Waals surface area contributed by atoms with Crippen molar-refractivity contribution in [3.63, 3.8) is 0 Å². The standard InChI is InChI=1S/C23H19N5/c24-13-15-6-8-19-16(11-15)3-1-5-21(19)26-18-7-9-22-20(12-18)23(28-27-22)17-4-2-10-25-14-17/h2,4,6-12,14,21,26H,1,3,5H2,(H,27,28)/t21-/m0/s1. The molecule has 0 bridgehead atoms. The van der Waals surface area contributed by atoms with Crippen LogP contribution < -0.4 is 5.32 Å². The van der Waals surface area contributed by atoms with Crippen molar-refractivity contribution in [2.24, 2.45) is 0 Å². The number of benzene rings is 2. The summed E-state index contributed by atoms with van der Waals surface area (Å²) in [5.74, 6) is 0. The number of aromatic amines is 1. The van der Waals surface area contributed by atoms with Crippen LogP contribution in [0.15, 0.2) is 60.9 Å². The van der Waals surface area contributed by atoms with E-state index < -0.39 is 0 Å². The van der Waals surface area contributed by atoms with Gasteiger partial charge in [-0.25, -0.2) is 0 Å². The molecule has 0 saturated carbocycles. The largest absolute Gasteiger partial charge is 0.378 e. The first-order valence-electron chi connectivity index (χ1n) is 9.50. The second-order valence-corrected chi connectivity index (χ2v) is 7.19. The molecule has 0 spiro atoms. The van der Waals surface area contributed by atoms with E-state index in [1.54, 1.807) is 6.20 Å². The third-order valence-electron chi connectivity index (χ3n) is 5.43. The Morgan fingerprint density at radius 3 is 2.96 bits per heavy atom. The molecule has 0 radical (unpaired) electrons. The molecule has 0 unspecified atom stereocenters. The molecule has 2 heterocycles. The first-order valence-corrected chi connectivity index (χ1v) is 9.50. The molecule has 2 aromatic heterocycles. The van der Waals surface area contributed by atoms with Crippen molar-refractivity contribution in [2.75, 3.05) is 5.32 Å². The molecule has 5 nitrogen and oxygen atoms in total. The minimum Gasteiger partial charge on any atom is -0.378 e. The maximum absolute atomic E-state index is 9.16. The van der Waals surface area contributed by atoms with Gasteiger partial charge in [0.05, 0.1) is 23.2 Å². The van der Waals surface area contributed by atoms with E-state index in [1.165, 1.54) is 11.1 Å². The SMILES string of the molecule is N#Cc1ccc2c(c1)CCC[C@@H]2Nc1ccc2[nH]nc(-c3cccnc3)c2c1. The molecule has 136 valence electrons. The van der Waals surface area contributed by atoms with Crippen LogP contribution in [0.5, 0.6) is 0 Å². The lowest BCUT2D eigenvalue weighted by atomic mass is 9.86. The van der Waals surface area contributed by atoms with E-state index in [4.69, 9.17) is 5.26 Å². The van der Waals surface area contributed by atoms with Gasteiger partial charge in [-0.05, 0) is 72.9 Å². The maximum atomic E-state index is 9.16. The number of aromatic nitrogens is 3. The van der Waals surface area contributed by atoms with Gasteiger partial charge < -0.3 is 5.32 Å². The monoisotopic (exact) mass is 365 g/mol. The number of rotatable bonds is 3. The molecule has 1 atom stereocenters. The fourth-order valence-corrected chi connectivity index (χ4v) is 4.06. The zero-order chi connectivity index (χ0) is 18.9. The normalized spacial score (nSPS) is 15.8. The molecule has 0 aliphatic heterocycles. The number of aryl methyl sites for hydroxylation is 1. The van der Waals surface area contributed by atoms with Crippen LogP contribution in [0, 0.1) is 11.3 Å². The van der Waals surface area contributed by atoms with E-state index in [9.17, 15) is 0 Å². The van der Waals surface area contributed by atoms with Crippen molar-refractivity contribution >= 4 is 16.6 Å². The highest BCUT2D eigenvalue weighted by atomic mass is 15.1. The van der Waals surface area contributed by atoms with E-state index in [1.807, 2.05) is 30.5 Å². The number of nitrogens with zero attached hydrogens (tertiary/aromatic N) is 3. The number of fused-ring (bicyclic) bond motifs is 2. The predicted octanol–water partition coefficient (Wildman–Crippen LogP) is 4.99. The topological polar surface area (TPSA) is 77.4 Å². The van der Waals surface area contributed by atoms with E-state index in [0.717, 1.165) is 52.7 Å². The summed E-state index contributed by atoms with van der Waals surface area (Å²) in [7, 11) is 0. The molecular weight excluding hydrogens is 346 g/mol. The van der Waals surface area contributed by atoms with Crippen molar-refractivity contribution in [1.29, 1.82) is 5.26 Å². The zero-order valence-corrected chi connectivity index (χ0v) is 15.3. The Labute approximate surface area is 163 Å². The van der Waals surface area contributed by atoms with Crippen molar-refractivity contribution in [2.45, 2.75) is 25.3 Å². The quantitative estimate of drug-likeness (QED) is 0.536. The number of hydrogen-bond donors (Lipinski definition) is 2. The summed E-state index contributed by atoms with van der Waals surface area (Å²) in [6.45, 7) is 0. The third-order valence-corrected chi connectivity index (χ3v) is 5.43. The van der Waals surface area contributed by atoms with Gasteiger partial charge in [-0.15, -0.1) is 0 Å². The number of hydrogen-bond acceptors (Lipinski definition) is 4. The van der Waals surface area contributed by atoms with Crippen molar-refractivity contribution in [1.82, 2.24) is 15.2 Å². The fourth-order valence-electron chi connectivity index (χ4n) is 4.06. The molecule has 5 rings (SSSR count). The molecule has 2 aromatic carbocycles. The molecule has 0 saturated heterocycles. The summed E-state index contributed by atoms with van der Waals surface area (Å²) in [5, 5.41) is 21.5. The molecule has 1 aliphatic rings. The average Bonchev–Trinajstić information content (AvgIpc) is 3.17. The van der Waals surface area contributed by atoms with E-state index in [2.05, 4.69) is 50.8 Å². The lowest BCUT2D eigenvalue weighted by Gasteiger charge is -2.27. The van der Waals surface area contributed by atoms with Gasteiger partial charge >= 0.3 is 0 Å². The first-order chi connectivity index (χ1) is 13.8. The van der Waals surface area contributed by atoms with Crippen LogP contribution in [0.2, 0.25) is 0 Å². The van der Waals surface area contributed by atoms with Gasteiger partial charge in [0.2, 0.25) is 0 Å². The van der Waals surface area contributed by atoms with Crippen LogP contribution in [-0.2, 0) is 6.42 Å². The summed E-state index contributed by atoms with van der Waals surface area (Å²) in [6, 6.07) is 18.8. The summed E-state index contributed by atoms with van der Waals surface area (Å²) in [6.07, 6.45) is 6.84. The number of anilines is 1. The van der Waals surface area contributed by atoms with Crippen molar-refractivity contribution in [3.8, 4) is 17.3 Å². The Kier molecular flexibility index (Phi) is 4.02. The van der Waals surface area contributed by atoms with Crippen LogP contribution in [0.1, 0.15) is 35.6 Å². The molecule has 2 N–H and O–H groups in total. The average molecular weight is 365 g/mol. The minimum absolute atomic E-state index is 0.252. The lowest BCUT2D eigenvalue weighted by molar-refractivity contribution is 0.600. The zero-order valence-electron chi connectivity index (χ0n) is 15.3. The number of nitriles is 1. The summed E-state index contributed by atoms with van der Waals surface area (Å²) in [5.41, 5.74) is 7.30. The van der Waals surface area contributed by atoms with Gasteiger partial charge in [-0.1, -0.05) is 6.07 Å². The lowest BCUT2D eigenvalue weighted by Crippen LogP contribution is -2.17. The Morgan fingerprint density at radius 2 is 2.11 bits per heavy atom. The van der Waals surface area contributed by atoms with Crippen molar-refractivity contribution in [3.05, 3.63) is 77.6 Å². The number of nitrogens with one attached hydrogen (secondary N) is 2. The van der Waals surface area contributed by atoms with Gasteiger partial charge in [-0.2, -0.15) is 10.4 Å². The smallest absolute Gasteiger partial charge is 0.102 e. The fraction of sp³-hybridized carbons (Fsp3) is 0.174. The summed E-state index contributed by atoms with van der Waals surface area (Å²) >= 11 is 0. The van der Waals surface area contributed by atoms with Crippen LogP contribution >= 0.6 is 0 Å². The van der Waals surface area contributed by atoms with Gasteiger partial charge in [0.15, 0.2) is 0 Å². The van der Waals surface area contributed by atoms with Gasteiger partial charge in [0.1, 0.15) is 5.69 Å². The molecule has 0 fully saturated rings. The molecule has 5 heteroatoms. The highest BCUT2D eigenvalue weighted by Crippen LogP contribution is 2.34. The Morgan fingerprint density at radius 1 is 1.14 bits per heavy atom. The second-order valence-electron chi connectivity index (χ2n) is 7.19. The highest BCUT2D eigenvalue weighted by Gasteiger charge is 2.21. The molecule has 1 aliphatic carbocycles. The van der Waals surface area contributed by atoms with E-state index >= 15 is 0 Å². The summed E-state index contributed by atoms with van der Waals surface area (Å²) in [4.78, 5) is 4.21. The molecule has 0 amide bonds. The van der Waals surface area contributed by atoms with E-state index in [0.29, 0.717) is 0 Å². The van der Waals surface area contributed by atoms with Crippen LogP contribution in [-0.4, -0.2) is 15.2 Å². The van der Waals surface area contributed by atoms with Crippen LogP contribution in [0.3, 0.4) is 0 Å². The molecular formula is C23H19N5. The Balaban J connectivity index is 1.49. The molecule has 4 aromatic rings.